The molecule has 0 saturated carbocycles. The summed E-state index contributed by atoms with van der Waals surface area (Å²) in [5.74, 6) is 0.697. The van der Waals surface area contributed by atoms with E-state index in [9.17, 15) is 4.79 Å². The smallest absolute Gasteiger partial charge is 0.343 e. The second-order valence-corrected chi connectivity index (χ2v) is 7.37. The number of esters is 1. The van der Waals surface area contributed by atoms with E-state index in [4.69, 9.17) is 4.74 Å². The fourth-order valence-corrected chi connectivity index (χ4v) is 3.01. The van der Waals surface area contributed by atoms with Crippen LogP contribution in [0.2, 0.25) is 0 Å². The van der Waals surface area contributed by atoms with Crippen LogP contribution in [-0.2, 0) is 0 Å². The van der Waals surface area contributed by atoms with Crippen molar-refractivity contribution in [2.24, 2.45) is 0 Å². The first-order valence-electron chi connectivity index (χ1n) is 7.20. The van der Waals surface area contributed by atoms with Crippen molar-refractivity contribution in [3.8, 4) is 5.75 Å². The highest BCUT2D eigenvalue weighted by molar-refractivity contribution is 14.1. The Balaban J connectivity index is 2.19. The number of rotatable bonds is 4. The monoisotopic (exact) mass is 472 g/mol. The van der Waals surface area contributed by atoms with E-state index in [1.807, 2.05) is 37.3 Å². The van der Waals surface area contributed by atoms with Gasteiger partial charge in [0.1, 0.15) is 5.75 Å². The quantitative estimate of drug-likeness (QED) is 0.305. The van der Waals surface area contributed by atoms with Crippen molar-refractivity contribution in [3.63, 3.8) is 0 Å². The molecule has 0 spiro atoms. The fraction of sp³-hybridized carbons (Fsp3) is 0.278. The summed E-state index contributed by atoms with van der Waals surface area (Å²) >= 11 is 5.71. The van der Waals surface area contributed by atoms with Crippen molar-refractivity contribution in [1.82, 2.24) is 0 Å². The minimum absolute atomic E-state index is 0.338. The maximum atomic E-state index is 12.3. The van der Waals surface area contributed by atoms with Crippen molar-refractivity contribution in [1.29, 1.82) is 0 Å². The lowest BCUT2D eigenvalue weighted by Gasteiger charge is -2.12. The van der Waals surface area contributed by atoms with Crippen molar-refractivity contribution in [2.45, 2.75) is 33.1 Å². The summed E-state index contributed by atoms with van der Waals surface area (Å²) < 4.78 is 7.37. The van der Waals surface area contributed by atoms with Crippen molar-refractivity contribution in [2.75, 3.05) is 0 Å². The Labute approximate surface area is 153 Å². The van der Waals surface area contributed by atoms with Gasteiger partial charge in [-0.2, -0.15) is 0 Å². The molecule has 2 aromatic rings. The van der Waals surface area contributed by atoms with Crippen LogP contribution in [-0.4, -0.2) is 5.97 Å². The summed E-state index contributed by atoms with van der Waals surface area (Å²) in [5, 5.41) is 0. The molecule has 0 aromatic heterocycles. The first-order valence-corrected chi connectivity index (χ1v) is 9.07. The van der Waals surface area contributed by atoms with E-state index >= 15 is 0 Å². The Hall–Kier alpha value is -0.880. The second kappa shape index (κ2) is 7.59. The Kier molecular flexibility index (Phi) is 6.03. The van der Waals surface area contributed by atoms with Crippen LogP contribution in [0.15, 0.2) is 40.9 Å². The zero-order valence-electron chi connectivity index (χ0n) is 12.8. The Morgan fingerprint density at radius 1 is 1.27 bits per heavy atom. The van der Waals surface area contributed by atoms with Gasteiger partial charge in [0.05, 0.1) is 10.0 Å². The average molecular weight is 473 g/mol. The summed E-state index contributed by atoms with van der Waals surface area (Å²) in [5.41, 5.74) is 2.95. The van der Waals surface area contributed by atoms with Crippen LogP contribution in [0.25, 0.3) is 0 Å². The van der Waals surface area contributed by atoms with Crippen LogP contribution in [0, 0.1) is 10.5 Å². The molecule has 0 aliphatic heterocycles. The van der Waals surface area contributed by atoms with Gasteiger partial charge in [-0.25, -0.2) is 4.79 Å². The van der Waals surface area contributed by atoms with E-state index in [1.165, 1.54) is 5.56 Å². The first-order chi connectivity index (χ1) is 10.4. The number of hydrogen-bond donors (Lipinski definition) is 0. The molecular formula is C18H18BrIO2. The van der Waals surface area contributed by atoms with Gasteiger partial charge < -0.3 is 4.74 Å². The number of halogens is 2. The molecule has 2 rings (SSSR count). The molecule has 1 atom stereocenters. The molecule has 1 unspecified atom stereocenters. The van der Waals surface area contributed by atoms with Gasteiger partial charge in [0, 0.05) is 3.57 Å². The summed E-state index contributed by atoms with van der Waals surface area (Å²) in [4.78, 5) is 12.3. The zero-order chi connectivity index (χ0) is 16.3. The van der Waals surface area contributed by atoms with Gasteiger partial charge in [-0.05, 0) is 93.2 Å². The van der Waals surface area contributed by atoms with Gasteiger partial charge in [0.25, 0.3) is 0 Å². The van der Waals surface area contributed by atoms with Gasteiger partial charge in [-0.1, -0.05) is 26.0 Å². The first kappa shape index (κ1) is 17.5. The highest BCUT2D eigenvalue weighted by Gasteiger charge is 2.13. The molecule has 0 aliphatic rings. The van der Waals surface area contributed by atoms with E-state index in [0.717, 1.165) is 20.0 Å². The van der Waals surface area contributed by atoms with Gasteiger partial charge in [0.15, 0.2) is 0 Å². The molecule has 0 aliphatic carbocycles. The van der Waals surface area contributed by atoms with Crippen LogP contribution in [0.1, 0.15) is 47.7 Å². The summed E-state index contributed by atoms with van der Waals surface area (Å²) in [6, 6.07) is 11.5. The molecule has 0 N–H and O–H groups in total. The summed E-state index contributed by atoms with van der Waals surface area (Å²) in [7, 11) is 0. The zero-order valence-corrected chi connectivity index (χ0v) is 16.6. The standard InChI is InChI=1S/C18H18BrIO2/c1-4-11(2)13-7-8-17(15(19)9-13)22-18(21)14-6-5-12(3)16(20)10-14/h5-11H,4H2,1-3H3. The summed E-state index contributed by atoms with van der Waals surface area (Å²) in [6.07, 6.45) is 1.08. The van der Waals surface area contributed by atoms with Crippen LogP contribution in [0.5, 0.6) is 5.75 Å². The number of carbonyl (C=O) groups is 1. The van der Waals surface area contributed by atoms with E-state index in [2.05, 4.69) is 52.4 Å². The van der Waals surface area contributed by atoms with Crippen molar-refractivity contribution in [3.05, 3.63) is 61.1 Å². The SMILES string of the molecule is CCC(C)c1ccc(OC(=O)c2ccc(C)c(I)c2)c(Br)c1. The lowest BCUT2D eigenvalue weighted by molar-refractivity contribution is 0.0733. The number of aryl methyl sites for hydroxylation is 1. The molecule has 0 fully saturated rings. The molecule has 22 heavy (non-hydrogen) atoms. The van der Waals surface area contributed by atoms with Crippen LogP contribution >= 0.6 is 38.5 Å². The lowest BCUT2D eigenvalue weighted by Crippen LogP contribution is -2.09. The Morgan fingerprint density at radius 3 is 2.59 bits per heavy atom. The number of carbonyl (C=O) groups excluding carboxylic acids is 1. The molecule has 4 heteroatoms. The van der Waals surface area contributed by atoms with Gasteiger partial charge in [-0.3, -0.25) is 0 Å². The topological polar surface area (TPSA) is 26.3 Å². The minimum Gasteiger partial charge on any atom is -0.422 e. The van der Waals surface area contributed by atoms with Crippen LogP contribution < -0.4 is 4.74 Å². The highest BCUT2D eigenvalue weighted by Crippen LogP contribution is 2.30. The molecule has 116 valence electrons. The maximum Gasteiger partial charge on any atom is 0.343 e. The average Bonchev–Trinajstić information content (AvgIpc) is 2.51. The summed E-state index contributed by atoms with van der Waals surface area (Å²) in [6.45, 7) is 6.36. The molecular weight excluding hydrogens is 455 g/mol. The third kappa shape index (κ3) is 4.10. The number of benzene rings is 2. The molecule has 0 bridgehead atoms. The largest absolute Gasteiger partial charge is 0.422 e. The highest BCUT2D eigenvalue weighted by atomic mass is 127. The Morgan fingerprint density at radius 2 is 2.00 bits per heavy atom. The number of hydrogen-bond acceptors (Lipinski definition) is 2. The minimum atomic E-state index is -0.338. The third-order valence-corrected chi connectivity index (χ3v) is 5.53. The molecule has 0 heterocycles. The lowest BCUT2D eigenvalue weighted by atomic mass is 9.99. The Bertz CT molecular complexity index is 697. The van der Waals surface area contributed by atoms with Crippen LogP contribution in [0.4, 0.5) is 0 Å². The maximum absolute atomic E-state index is 12.3. The van der Waals surface area contributed by atoms with Gasteiger partial charge in [0.2, 0.25) is 0 Å². The van der Waals surface area contributed by atoms with Crippen molar-refractivity contribution >= 4 is 44.5 Å². The molecule has 0 saturated heterocycles. The van der Waals surface area contributed by atoms with E-state index < -0.39 is 0 Å². The normalized spacial score (nSPS) is 12.0. The third-order valence-electron chi connectivity index (χ3n) is 3.75. The van der Waals surface area contributed by atoms with E-state index in [1.54, 1.807) is 6.07 Å². The molecule has 0 amide bonds. The predicted octanol–water partition coefficient (Wildman–Crippen LogP) is 6.09. The van der Waals surface area contributed by atoms with Crippen molar-refractivity contribution < 1.29 is 9.53 Å². The van der Waals surface area contributed by atoms with Gasteiger partial charge >= 0.3 is 5.97 Å². The molecule has 2 aromatic carbocycles. The van der Waals surface area contributed by atoms with Gasteiger partial charge in [-0.15, -0.1) is 0 Å². The van der Waals surface area contributed by atoms with E-state index in [0.29, 0.717) is 17.2 Å². The van der Waals surface area contributed by atoms with Crippen LogP contribution in [0.3, 0.4) is 0 Å². The molecule has 2 nitrogen and oxygen atoms in total. The fourth-order valence-electron chi connectivity index (χ4n) is 2.02. The number of ether oxygens (including phenoxy) is 1. The second-order valence-electron chi connectivity index (χ2n) is 5.35. The van der Waals surface area contributed by atoms with E-state index in [-0.39, 0.29) is 5.97 Å². The molecule has 0 radical (unpaired) electrons. The predicted molar refractivity (Wildman–Crippen MR) is 102 cm³/mol.